The number of rotatable bonds is 11. The van der Waals surface area contributed by atoms with Crippen molar-refractivity contribution in [2.75, 3.05) is 29.9 Å². The van der Waals surface area contributed by atoms with Crippen molar-refractivity contribution in [1.82, 2.24) is 5.32 Å². The average molecular weight is 450 g/mol. The van der Waals surface area contributed by atoms with Gasteiger partial charge in [0.1, 0.15) is 0 Å². The topological polar surface area (TPSA) is 61.4 Å². The van der Waals surface area contributed by atoms with Crippen molar-refractivity contribution in [2.45, 2.75) is 71.6 Å². The summed E-state index contributed by atoms with van der Waals surface area (Å²) in [6, 6.07) is 13.6. The standard InChI is InChI=1S/C28H39N3O2/c1-3-5-6-8-11-22-12-14-23(15-13-22)27(32)30-24-16-17-26(31-19-9-7-10-20-31)25(21-24)28(33)29-18-4-2/h12-17,21H,3-11,18-20H2,1-2H3,(H,29,33)(H,30,32). The first-order valence-electron chi connectivity index (χ1n) is 12.7. The van der Waals surface area contributed by atoms with Crippen LogP contribution in [0.25, 0.3) is 0 Å². The number of hydrogen-bond acceptors (Lipinski definition) is 3. The van der Waals surface area contributed by atoms with Gasteiger partial charge in [-0.15, -0.1) is 0 Å². The van der Waals surface area contributed by atoms with Gasteiger partial charge in [-0.2, -0.15) is 0 Å². The smallest absolute Gasteiger partial charge is 0.255 e. The Morgan fingerprint density at radius 3 is 2.30 bits per heavy atom. The predicted octanol–water partition coefficient (Wildman–Crippen LogP) is 6.19. The van der Waals surface area contributed by atoms with E-state index in [0.29, 0.717) is 23.4 Å². The van der Waals surface area contributed by atoms with Crippen molar-refractivity contribution in [3.05, 3.63) is 59.2 Å². The Morgan fingerprint density at radius 1 is 0.848 bits per heavy atom. The highest BCUT2D eigenvalue weighted by Gasteiger charge is 2.19. The lowest BCUT2D eigenvalue weighted by Crippen LogP contribution is -2.33. The van der Waals surface area contributed by atoms with Crippen LogP contribution in [0.5, 0.6) is 0 Å². The van der Waals surface area contributed by atoms with Gasteiger partial charge >= 0.3 is 0 Å². The van der Waals surface area contributed by atoms with E-state index in [4.69, 9.17) is 0 Å². The molecule has 0 atom stereocenters. The van der Waals surface area contributed by atoms with Gasteiger partial charge in [-0.25, -0.2) is 0 Å². The van der Waals surface area contributed by atoms with Crippen LogP contribution in [-0.2, 0) is 6.42 Å². The number of unbranched alkanes of at least 4 members (excludes halogenated alkanes) is 3. The van der Waals surface area contributed by atoms with Crippen LogP contribution in [0.1, 0.15) is 91.5 Å². The molecule has 1 fully saturated rings. The van der Waals surface area contributed by atoms with E-state index in [-0.39, 0.29) is 11.8 Å². The summed E-state index contributed by atoms with van der Waals surface area (Å²) in [6.07, 6.45) is 10.4. The summed E-state index contributed by atoms with van der Waals surface area (Å²) in [6.45, 7) is 6.82. The van der Waals surface area contributed by atoms with Crippen LogP contribution in [-0.4, -0.2) is 31.4 Å². The number of aryl methyl sites for hydroxylation is 1. The number of hydrogen-bond donors (Lipinski definition) is 2. The molecule has 0 aliphatic carbocycles. The summed E-state index contributed by atoms with van der Waals surface area (Å²) in [5.41, 5.74) is 4.12. The molecule has 5 heteroatoms. The van der Waals surface area contributed by atoms with Gasteiger partial charge in [-0.1, -0.05) is 45.2 Å². The van der Waals surface area contributed by atoms with E-state index in [1.54, 1.807) is 0 Å². The number of anilines is 2. The normalized spacial score (nSPS) is 13.6. The van der Waals surface area contributed by atoms with E-state index in [2.05, 4.69) is 22.5 Å². The van der Waals surface area contributed by atoms with Crippen LogP contribution in [0.15, 0.2) is 42.5 Å². The zero-order valence-corrected chi connectivity index (χ0v) is 20.3. The van der Waals surface area contributed by atoms with Crippen molar-refractivity contribution in [2.24, 2.45) is 0 Å². The van der Waals surface area contributed by atoms with Crippen molar-refractivity contribution < 1.29 is 9.59 Å². The SMILES string of the molecule is CCCCCCc1ccc(C(=O)Nc2ccc(N3CCCCC3)c(C(=O)NCCC)c2)cc1. The molecule has 33 heavy (non-hydrogen) atoms. The Labute approximate surface area is 199 Å². The molecule has 1 saturated heterocycles. The van der Waals surface area contributed by atoms with Crippen LogP contribution in [0, 0.1) is 0 Å². The predicted molar refractivity (Wildman–Crippen MR) is 137 cm³/mol. The molecular formula is C28H39N3O2. The van der Waals surface area contributed by atoms with Crippen LogP contribution in [0.4, 0.5) is 11.4 Å². The molecular weight excluding hydrogens is 410 g/mol. The fourth-order valence-electron chi connectivity index (χ4n) is 4.32. The summed E-state index contributed by atoms with van der Waals surface area (Å²) in [5, 5.41) is 5.97. The van der Waals surface area contributed by atoms with Crippen LogP contribution in [0.2, 0.25) is 0 Å². The first-order chi connectivity index (χ1) is 16.1. The third-order valence-corrected chi connectivity index (χ3v) is 6.27. The molecule has 5 nitrogen and oxygen atoms in total. The third-order valence-electron chi connectivity index (χ3n) is 6.27. The van der Waals surface area contributed by atoms with Gasteiger partial charge in [-0.3, -0.25) is 9.59 Å². The molecule has 0 spiro atoms. The molecule has 0 bridgehead atoms. The second-order valence-corrected chi connectivity index (χ2v) is 9.00. The quantitative estimate of drug-likeness (QED) is 0.402. The number of carbonyl (C=O) groups is 2. The molecule has 0 saturated carbocycles. The summed E-state index contributed by atoms with van der Waals surface area (Å²) >= 11 is 0. The molecule has 0 unspecified atom stereocenters. The van der Waals surface area contributed by atoms with Gasteiger partial charge in [0, 0.05) is 36.6 Å². The van der Waals surface area contributed by atoms with E-state index in [9.17, 15) is 9.59 Å². The molecule has 1 aliphatic rings. The molecule has 1 aliphatic heterocycles. The second kappa shape index (κ2) is 13.0. The monoisotopic (exact) mass is 449 g/mol. The molecule has 2 N–H and O–H groups in total. The minimum Gasteiger partial charge on any atom is -0.371 e. The number of carbonyl (C=O) groups excluding carboxylic acids is 2. The average Bonchev–Trinajstić information content (AvgIpc) is 2.86. The highest BCUT2D eigenvalue weighted by molar-refractivity contribution is 6.06. The van der Waals surface area contributed by atoms with Gasteiger partial charge in [0.25, 0.3) is 11.8 Å². The zero-order valence-electron chi connectivity index (χ0n) is 20.3. The number of benzene rings is 2. The van der Waals surface area contributed by atoms with E-state index >= 15 is 0 Å². The fourth-order valence-corrected chi connectivity index (χ4v) is 4.32. The summed E-state index contributed by atoms with van der Waals surface area (Å²) in [7, 11) is 0. The minimum absolute atomic E-state index is 0.0825. The Balaban J connectivity index is 1.70. The molecule has 3 rings (SSSR count). The number of nitrogens with zero attached hydrogens (tertiary/aromatic N) is 1. The summed E-state index contributed by atoms with van der Waals surface area (Å²) in [5.74, 6) is -0.237. The lowest BCUT2D eigenvalue weighted by molar-refractivity contribution is 0.0952. The van der Waals surface area contributed by atoms with Crippen molar-refractivity contribution in [3.63, 3.8) is 0 Å². The van der Waals surface area contributed by atoms with Crippen molar-refractivity contribution >= 4 is 23.2 Å². The Hall–Kier alpha value is -2.82. The molecule has 0 radical (unpaired) electrons. The first kappa shape index (κ1) is 24.8. The van der Waals surface area contributed by atoms with Crippen molar-refractivity contribution in [3.8, 4) is 0 Å². The van der Waals surface area contributed by atoms with E-state index in [0.717, 1.165) is 44.5 Å². The van der Waals surface area contributed by atoms with Crippen LogP contribution >= 0.6 is 0 Å². The minimum atomic E-state index is -0.154. The molecule has 178 valence electrons. The largest absolute Gasteiger partial charge is 0.371 e. The Morgan fingerprint density at radius 2 is 1.61 bits per heavy atom. The molecule has 1 heterocycles. The van der Waals surface area contributed by atoms with E-state index < -0.39 is 0 Å². The molecule has 0 aromatic heterocycles. The van der Waals surface area contributed by atoms with Crippen molar-refractivity contribution in [1.29, 1.82) is 0 Å². The molecule has 2 aromatic rings. The van der Waals surface area contributed by atoms with Gasteiger partial charge in [-0.05, 0) is 74.4 Å². The number of piperidine rings is 1. The summed E-state index contributed by atoms with van der Waals surface area (Å²) < 4.78 is 0. The van der Waals surface area contributed by atoms with Gasteiger partial charge in [0.05, 0.1) is 5.56 Å². The lowest BCUT2D eigenvalue weighted by Gasteiger charge is -2.30. The number of amides is 2. The lowest BCUT2D eigenvalue weighted by atomic mass is 10.0. The highest BCUT2D eigenvalue weighted by Crippen LogP contribution is 2.27. The van der Waals surface area contributed by atoms with Gasteiger partial charge in [0.15, 0.2) is 0 Å². The number of nitrogens with one attached hydrogen (secondary N) is 2. The maximum atomic E-state index is 12.9. The molecule has 2 amide bonds. The first-order valence-corrected chi connectivity index (χ1v) is 12.7. The van der Waals surface area contributed by atoms with Crippen LogP contribution < -0.4 is 15.5 Å². The zero-order chi connectivity index (χ0) is 23.5. The highest BCUT2D eigenvalue weighted by atomic mass is 16.2. The van der Waals surface area contributed by atoms with E-state index in [1.165, 1.54) is 37.7 Å². The Bertz CT molecular complexity index is 902. The van der Waals surface area contributed by atoms with Crippen LogP contribution in [0.3, 0.4) is 0 Å². The maximum absolute atomic E-state index is 12.9. The van der Waals surface area contributed by atoms with Gasteiger partial charge < -0.3 is 15.5 Å². The van der Waals surface area contributed by atoms with Gasteiger partial charge in [0.2, 0.25) is 0 Å². The maximum Gasteiger partial charge on any atom is 0.255 e. The molecule has 2 aromatic carbocycles. The summed E-state index contributed by atoms with van der Waals surface area (Å²) in [4.78, 5) is 28.0. The third kappa shape index (κ3) is 7.34. The second-order valence-electron chi connectivity index (χ2n) is 9.00. The van der Waals surface area contributed by atoms with E-state index in [1.807, 2.05) is 49.4 Å². The Kier molecular flexibility index (Phi) is 9.79. The fraction of sp³-hybridized carbons (Fsp3) is 0.500.